The van der Waals surface area contributed by atoms with E-state index in [-0.39, 0.29) is 24.8 Å². The van der Waals surface area contributed by atoms with Gasteiger partial charge < -0.3 is 10.2 Å². The number of hydrogen-bond acceptors (Lipinski definition) is 2. The lowest BCUT2D eigenvalue weighted by Crippen LogP contribution is -2.48. The van der Waals surface area contributed by atoms with Gasteiger partial charge >= 0.3 is 0 Å². The number of benzene rings is 2. The van der Waals surface area contributed by atoms with Crippen molar-refractivity contribution in [3.8, 4) is 0 Å². The van der Waals surface area contributed by atoms with Gasteiger partial charge in [-0.05, 0) is 42.7 Å². The molecule has 0 unspecified atom stereocenters. The summed E-state index contributed by atoms with van der Waals surface area (Å²) in [6, 6.07) is 13.1. The number of amides is 2. The Kier molecular flexibility index (Phi) is 7.98. The van der Waals surface area contributed by atoms with Gasteiger partial charge in [-0.2, -0.15) is 0 Å². The van der Waals surface area contributed by atoms with Crippen LogP contribution >= 0.6 is 15.9 Å². The molecule has 0 saturated heterocycles. The first kappa shape index (κ1) is 21.1. The van der Waals surface area contributed by atoms with Crippen molar-refractivity contribution in [2.24, 2.45) is 0 Å². The van der Waals surface area contributed by atoms with Gasteiger partial charge in [0.2, 0.25) is 11.8 Å². The second-order valence-corrected chi connectivity index (χ2v) is 7.30. The first-order chi connectivity index (χ1) is 12.9. The zero-order valence-corrected chi connectivity index (χ0v) is 17.1. The van der Waals surface area contributed by atoms with Crippen LogP contribution in [0.3, 0.4) is 0 Å². The molecule has 0 bridgehead atoms. The molecule has 2 aromatic carbocycles. The maximum absolute atomic E-state index is 14.0. The molecule has 0 heterocycles. The molecule has 2 amide bonds. The maximum Gasteiger partial charge on any atom is 0.242 e. The van der Waals surface area contributed by atoms with Crippen molar-refractivity contribution in [1.29, 1.82) is 0 Å². The van der Waals surface area contributed by atoms with E-state index in [4.69, 9.17) is 0 Å². The van der Waals surface area contributed by atoms with Crippen molar-refractivity contribution in [1.82, 2.24) is 10.2 Å². The highest BCUT2D eigenvalue weighted by Crippen LogP contribution is 2.16. The first-order valence-electron chi connectivity index (χ1n) is 8.97. The van der Waals surface area contributed by atoms with Crippen LogP contribution in [0.5, 0.6) is 0 Å². The van der Waals surface area contributed by atoms with Gasteiger partial charge in [0.25, 0.3) is 0 Å². The third kappa shape index (κ3) is 6.17. The van der Waals surface area contributed by atoms with Crippen molar-refractivity contribution < 1.29 is 14.0 Å². The molecule has 0 spiro atoms. The molecule has 144 valence electrons. The number of hydrogen-bond donors (Lipinski definition) is 1. The predicted molar refractivity (Wildman–Crippen MR) is 108 cm³/mol. The molecule has 0 radical (unpaired) electrons. The lowest BCUT2D eigenvalue weighted by Gasteiger charge is -2.29. The highest BCUT2D eigenvalue weighted by molar-refractivity contribution is 9.10. The molecule has 0 saturated carbocycles. The first-order valence-corrected chi connectivity index (χ1v) is 9.76. The summed E-state index contributed by atoms with van der Waals surface area (Å²) in [5, 5.41) is 2.82. The molecule has 0 aliphatic carbocycles. The monoisotopic (exact) mass is 434 g/mol. The van der Waals surface area contributed by atoms with Crippen LogP contribution in [0.1, 0.15) is 31.4 Å². The van der Waals surface area contributed by atoms with Gasteiger partial charge in [0.1, 0.15) is 11.9 Å². The van der Waals surface area contributed by atoms with Crippen molar-refractivity contribution in [3.05, 3.63) is 69.9 Å². The zero-order valence-electron chi connectivity index (χ0n) is 15.5. The van der Waals surface area contributed by atoms with Gasteiger partial charge in [-0.25, -0.2) is 4.39 Å². The fraction of sp³-hybridized carbons (Fsp3) is 0.333. The van der Waals surface area contributed by atoms with Gasteiger partial charge in [-0.15, -0.1) is 0 Å². The van der Waals surface area contributed by atoms with Gasteiger partial charge in [0, 0.05) is 17.6 Å². The molecule has 2 aromatic rings. The van der Waals surface area contributed by atoms with E-state index < -0.39 is 11.9 Å². The summed E-state index contributed by atoms with van der Waals surface area (Å²) in [7, 11) is 0. The summed E-state index contributed by atoms with van der Waals surface area (Å²) >= 11 is 3.39. The summed E-state index contributed by atoms with van der Waals surface area (Å²) in [5.74, 6) is -0.921. The Hall–Kier alpha value is -2.21. The number of nitrogens with one attached hydrogen (secondary N) is 1. The fourth-order valence-corrected chi connectivity index (χ4v) is 2.94. The summed E-state index contributed by atoms with van der Waals surface area (Å²) in [6.45, 7) is 4.50. The van der Waals surface area contributed by atoms with Crippen LogP contribution in [-0.4, -0.2) is 29.3 Å². The Balaban J connectivity index is 2.21. The molecular formula is C21H24BrFN2O2. The summed E-state index contributed by atoms with van der Waals surface area (Å²) in [6.07, 6.45) is 0.725. The molecule has 6 heteroatoms. The number of carbonyl (C=O) groups excluding carboxylic acids is 2. The van der Waals surface area contributed by atoms with E-state index in [9.17, 15) is 14.0 Å². The predicted octanol–water partition coefficient (Wildman–Crippen LogP) is 4.07. The lowest BCUT2D eigenvalue weighted by molar-refractivity contribution is -0.140. The van der Waals surface area contributed by atoms with E-state index in [2.05, 4.69) is 21.2 Å². The number of rotatable bonds is 8. The smallest absolute Gasteiger partial charge is 0.242 e. The van der Waals surface area contributed by atoms with Gasteiger partial charge in [-0.1, -0.05) is 53.2 Å². The average molecular weight is 435 g/mol. The van der Waals surface area contributed by atoms with Crippen LogP contribution in [0.15, 0.2) is 53.0 Å². The van der Waals surface area contributed by atoms with E-state index in [1.807, 2.05) is 31.2 Å². The van der Waals surface area contributed by atoms with E-state index in [0.29, 0.717) is 12.1 Å². The van der Waals surface area contributed by atoms with Crippen molar-refractivity contribution >= 4 is 27.7 Å². The quantitative estimate of drug-likeness (QED) is 0.680. The Morgan fingerprint density at radius 2 is 1.81 bits per heavy atom. The van der Waals surface area contributed by atoms with Crippen LogP contribution in [0.2, 0.25) is 0 Å². The van der Waals surface area contributed by atoms with Crippen molar-refractivity contribution in [2.45, 2.75) is 39.3 Å². The van der Waals surface area contributed by atoms with Gasteiger partial charge in [-0.3, -0.25) is 9.59 Å². The minimum absolute atomic E-state index is 0.0887. The molecule has 4 nitrogen and oxygen atoms in total. The number of carbonyl (C=O) groups is 2. The SMILES string of the molecule is CCCNC(=O)[C@@H](C)N(Cc1ccc(Br)cc1)C(=O)Cc1ccccc1F. The minimum Gasteiger partial charge on any atom is -0.354 e. The lowest BCUT2D eigenvalue weighted by atomic mass is 10.1. The molecular weight excluding hydrogens is 411 g/mol. The molecule has 2 rings (SSSR count). The normalized spacial score (nSPS) is 11.7. The summed E-state index contributed by atoms with van der Waals surface area (Å²) in [4.78, 5) is 26.9. The van der Waals surface area contributed by atoms with Crippen LogP contribution < -0.4 is 5.32 Å². The van der Waals surface area contributed by atoms with E-state index in [0.717, 1.165) is 16.5 Å². The Bertz CT molecular complexity index is 780. The standard InChI is InChI=1S/C21H24BrFN2O2/c1-3-12-24-21(27)15(2)25(14-16-8-10-18(22)11-9-16)20(26)13-17-6-4-5-7-19(17)23/h4-11,15H,3,12-14H2,1-2H3,(H,24,27)/t15-/m1/s1. The van der Waals surface area contributed by atoms with Gasteiger partial charge in [0.15, 0.2) is 0 Å². The number of halogens is 2. The highest BCUT2D eigenvalue weighted by atomic mass is 79.9. The van der Waals surface area contributed by atoms with Gasteiger partial charge in [0.05, 0.1) is 6.42 Å². The van der Waals surface area contributed by atoms with Crippen LogP contribution in [0.25, 0.3) is 0 Å². The molecule has 0 aliphatic rings. The maximum atomic E-state index is 14.0. The van der Waals surface area contributed by atoms with Crippen molar-refractivity contribution in [2.75, 3.05) is 6.54 Å². The third-order valence-electron chi connectivity index (χ3n) is 4.28. The molecule has 0 aromatic heterocycles. The molecule has 27 heavy (non-hydrogen) atoms. The topological polar surface area (TPSA) is 49.4 Å². The molecule has 1 atom stereocenters. The molecule has 0 fully saturated rings. The van der Waals surface area contributed by atoms with E-state index in [1.54, 1.807) is 25.1 Å². The highest BCUT2D eigenvalue weighted by Gasteiger charge is 2.26. The Morgan fingerprint density at radius 3 is 2.44 bits per heavy atom. The minimum atomic E-state index is -0.653. The number of nitrogens with zero attached hydrogens (tertiary/aromatic N) is 1. The zero-order chi connectivity index (χ0) is 19.8. The summed E-state index contributed by atoms with van der Waals surface area (Å²) < 4.78 is 14.9. The average Bonchev–Trinajstić information content (AvgIpc) is 2.66. The second kappa shape index (κ2) is 10.2. The third-order valence-corrected chi connectivity index (χ3v) is 4.81. The Labute approximate surface area is 167 Å². The Morgan fingerprint density at radius 1 is 1.15 bits per heavy atom. The van der Waals surface area contributed by atoms with E-state index in [1.165, 1.54) is 11.0 Å². The van der Waals surface area contributed by atoms with Crippen LogP contribution in [-0.2, 0) is 22.6 Å². The molecule has 0 aliphatic heterocycles. The van der Waals surface area contributed by atoms with E-state index >= 15 is 0 Å². The van der Waals surface area contributed by atoms with Crippen LogP contribution in [0, 0.1) is 5.82 Å². The van der Waals surface area contributed by atoms with Crippen LogP contribution in [0.4, 0.5) is 4.39 Å². The largest absolute Gasteiger partial charge is 0.354 e. The van der Waals surface area contributed by atoms with Crippen molar-refractivity contribution in [3.63, 3.8) is 0 Å². The second-order valence-electron chi connectivity index (χ2n) is 6.38. The summed E-state index contributed by atoms with van der Waals surface area (Å²) in [5.41, 5.74) is 1.22. The molecule has 1 N–H and O–H groups in total. The fourth-order valence-electron chi connectivity index (χ4n) is 2.67.